The predicted octanol–water partition coefficient (Wildman–Crippen LogP) is 4.01. The summed E-state index contributed by atoms with van der Waals surface area (Å²) in [4.78, 5) is 0. The van der Waals surface area contributed by atoms with Crippen molar-refractivity contribution in [2.24, 2.45) is 40.9 Å². The van der Waals surface area contributed by atoms with Crippen molar-refractivity contribution in [3.8, 4) is 0 Å². The average Bonchev–Trinajstić information content (AvgIpc) is 2.90. The fraction of sp³-hybridized carbons (Fsp3) is 1.00. The number of hydrogen-bond acceptors (Lipinski definition) is 3. The van der Waals surface area contributed by atoms with E-state index < -0.39 is 5.60 Å². The van der Waals surface area contributed by atoms with Gasteiger partial charge in [0.2, 0.25) is 0 Å². The van der Waals surface area contributed by atoms with Crippen molar-refractivity contribution in [3.05, 3.63) is 0 Å². The minimum atomic E-state index is -0.501. The molecule has 2 N–H and O–H groups in total. The second-order valence-electron chi connectivity index (χ2n) is 10.5. The Kier molecular flexibility index (Phi) is 4.53. The molecule has 0 bridgehead atoms. The highest BCUT2D eigenvalue weighted by molar-refractivity contribution is 5.09. The maximum atomic E-state index is 10.6. The molecule has 0 aliphatic heterocycles. The molecule has 0 aromatic heterocycles. The molecule has 0 spiro atoms. The van der Waals surface area contributed by atoms with E-state index in [2.05, 4.69) is 6.92 Å². The van der Waals surface area contributed by atoms with E-state index in [1.54, 1.807) is 0 Å². The molecule has 4 fully saturated rings. The summed E-state index contributed by atoms with van der Waals surface area (Å²) in [5.74, 6) is 4.08. The Bertz CT molecular complexity index is 502. The molecular weight excluding hydrogens is 312 g/mol. The number of fused-ring (bicyclic) bond motifs is 5. The molecule has 4 rings (SSSR count). The van der Waals surface area contributed by atoms with Crippen LogP contribution in [0.4, 0.5) is 0 Å². The summed E-state index contributed by atoms with van der Waals surface area (Å²) in [5, 5.41) is 21.0. The summed E-state index contributed by atoms with van der Waals surface area (Å²) in [6.45, 7) is 6.49. The van der Waals surface area contributed by atoms with Crippen LogP contribution in [0.2, 0.25) is 0 Å². The van der Waals surface area contributed by atoms with E-state index in [-0.39, 0.29) is 6.10 Å². The second kappa shape index (κ2) is 6.21. The van der Waals surface area contributed by atoms with Gasteiger partial charge in [0.1, 0.15) is 0 Å². The fourth-order valence-corrected chi connectivity index (χ4v) is 8.13. The Morgan fingerprint density at radius 2 is 1.64 bits per heavy atom. The van der Waals surface area contributed by atoms with Gasteiger partial charge in [-0.15, -0.1) is 0 Å². The lowest BCUT2D eigenvalue weighted by Gasteiger charge is -2.58. The highest BCUT2D eigenvalue weighted by Gasteiger charge is 2.59. The molecule has 10 atom stereocenters. The average molecular weight is 351 g/mol. The highest BCUT2D eigenvalue weighted by atomic mass is 16.5. The Balaban J connectivity index is 1.60. The molecule has 3 heteroatoms. The number of methoxy groups -OCH3 is 1. The first-order valence-electron chi connectivity index (χ1n) is 10.7. The molecule has 0 saturated heterocycles. The van der Waals surface area contributed by atoms with Crippen molar-refractivity contribution in [1.82, 2.24) is 0 Å². The third kappa shape index (κ3) is 2.80. The molecular formula is C22H38O3. The number of aliphatic hydroxyl groups is 2. The normalized spacial score (nSPS) is 56.6. The molecule has 144 valence electrons. The highest BCUT2D eigenvalue weighted by Crippen LogP contribution is 2.65. The van der Waals surface area contributed by atoms with E-state index >= 15 is 0 Å². The van der Waals surface area contributed by atoms with Gasteiger partial charge in [0.05, 0.1) is 17.8 Å². The molecule has 25 heavy (non-hydrogen) atoms. The molecule has 0 amide bonds. The fourth-order valence-electron chi connectivity index (χ4n) is 8.13. The third-order valence-electron chi connectivity index (χ3n) is 9.22. The van der Waals surface area contributed by atoms with E-state index in [4.69, 9.17) is 4.74 Å². The van der Waals surface area contributed by atoms with Gasteiger partial charge in [0.25, 0.3) is 0 Å². The van der Waals surface area contributed by atoms with Crippen LogP contribution in [0.15, 0.2) is 0 Å². The predicted molar refractivity (Wildman–Crippen MR) is 99.1 cm³/mol. The van der Waals surface area contributed by atoms with Crippen LogP contribution in [0, 0.1) is 40.9 Å². The molecule has 2 unspecified atom stereocenters. The smallest absolute Gasteiger partial charge is 0.0623 e. The van der Waals surface area contributed by atoms with E-state index in [9.17, 15) is 10.2 Å². The van der Waals surface area contributed by atoms with Crippen molar-refractivity contribution < 1.29 is 14.9 Å². The van der Waals surface area contributed by atoms with E-state index in [1.165, 1.54) is 38.5 Å². The molecule has 0 aromatic rings. The zero-order valence-corrected chi connectivity index (χ0v) is 16.6. The van der Waals surface area contributed by atoms with Gasteiger partial charge in [-0.1, -0.05) is 6.92 Å². The summed E-state index contributed by atoms with van der Waals surface area (Å²) in [5.41, 5.74) is -0.181. The summed E-state index contributed by atoms with van der Waals surface area (Å²) in [6, 6.07) is 0. The lowest BCUT2D eigenvalue weighted by Crippen LogP contribution is -2.55. The van der Waals surface area contributed by atoms with Crippen LogP contribution in [0.25, 0.3) is 0 Å². The summed E-state index contributed by atoms with van der Waals surface area (Å²) in [6.07, 6.45) is 9.43. The SMILES string of the molecule is CO[C@@H]1C[C@@H]2[C@H](CC[C@]3(C)C(C(C)O)CC[C@@H]23)[C@H]2CC[C@@](C)(O)C[C@H]21. The van der Waals surface area contributed by atoms with E-state index in [0.717, 1.165) is 36.5 Å². The standard InChI is InChI=1S/C22H38O3/c1-13(23)18-5-6-19-16-11-20(25-4)17-12-21(2,24)9-7-15(17)14(16)8-10-22(18,19)3/h13-20,23-24H,5-12H2,1-4H3/t13?,14-,15-,16-,17-,18?,19+,20-,21-,22-/m1/s1. The first-order valence-corrected chi connectivity index (χ1v) is 10.7. The van der Waals surface area contributed by atoms with Crippen LogP contribution in [0.3, 0.4) is 0 Å². The van der Waals surface area contributed by atoms with Crippen LogP contribution < -0.4 is 0 Å². The zero-order valence-electron chi connectivity index (χ0n) is 16.6. The largest absolute Gasteiger partial charge is 0.393 e. The maximum absolute atomic E-state index is 10.6. The van der Waals surface area contributed by atoms with Crippen molar-refractivity contribution in [3.63, 3.8) is 0 Å². The van der Waals surface area contributed by atoms with Crippen LogP contribution in [-0.2, 0) is 4.74 Å². The van der Waals surface area contributed by atoms with Gasteiger partial charge in [-0.2, -0.15) is 0 Å². The lowest BCUT2D eigenvalue weighted by atomic mass is 9.48. The first-order chi connectivity index (χ1) is 11.8. The maximum Gasteiger partial charge on any atom is 0.0623 e. The van der Waals surface area contributed by atoms with Gasteiger partial charge in [0.15, 0.2) is 0 Å². The van der Waals surface area contributed by atoms with Crippen LogP contribution in [0.5, 0.6) is 0 Å². The third-order valence-corrected chi connectivity index (χ3v) is 9.22. The molecule has 3 nitrogen and oxygen atoms in total. The molecule has 0 heterocycles. The van der Waals surface area contributed by atoms with Gasteiger partial charge in [-0.25, -0.2) is 0 Å². The van der Waals surface area contributed by atoms with Crippen molar-refractivity contribution in [2.45, 2.75) is 89.9 Å². The second-order valence-corrected chi connectivity index (χ2v) is 10.5. The topological polar surface area (TPSA) is 49.7 Å². The molecule has 4 saturated carbocycles. The van der Waals surface area contributed by atoms with Gasteiger partial charge < -0.3 is 14.9 Å². The summed E-state index contributed by atoms with van der Waals surface area (Å²) < 4.78 is 6.00. The minimum Gasteiger partial charge on any atom is -0.393 e. The lowest BCUT2D eigenvalue weighted by molar-refractivity contribution is -0.155. The number of aliphatic hydroxyl groups excluding tert-OH is 1. The Hall–Kier alpha value is -0.120. The van der Waals surface area contributed by atoms with Crippen LogP contribution in [-0.4, -0.2) is 35.1 Å². The van der Waals surface area contributed by atoms with Crippen LogP contribution in [0.1, 0.15) is 72.1 Å². The monoisotopic (exact) mass is 350 g/mol. The quantitative estimate of drug-likeness (QED) is 0.791. The number of rotatable bonds is 2. The number of hydrogen-bond donors (Lipinski definition) is 2. The first kappa shape index (κ1) is 18.3. The van der Waals surface area contributed by atoms with Gasteiger partial charge in [-0.05, 0) is 106 Å². The van der Waals surface area contributed by atoms with Gasteiger partial charge in [0, 0.05) is 7.11 Å². The van der Waals surface area contributed by atoms with Gasteiger partial charge in [-0.3, -0.25) is 0 Å². The van der Waals surface area contributed by atoms with Crippen LogP contribution >= 0.6 is 0 Å². The van der Waals surface area contributed by atoms with E-state index in [0.29, 0.717) is 23.4 Å². The van der Waals surface area contributed by atoms with Gasteiger partial charge >= 0.3 is 0 Å². The van der Waals surface area contributed by atoms with Crippen molar-refractivity contribution >= 4 is 0 Å². The minimum absolute atomic E-state index is 0.175. The molecule has 4 aliphatic rings. The molecule has 0 aromatic carbocycles. The molecule has 4 aliphatic carbocycles. The number of ether oxygens (including phenoxy) is 1. The summed E-state index contributed by atoms with van der Waals surface area (Å²) in [7, 11) is 1.88. The van der Waals surface area contributed by atoms with Crippen molar-refractivity contribution in [2.75, 3.05) is 7.11 Å². The Morgan fingerprint density at radius 3 is 2.32 bits per heavy atom. The summed E-state index contributed by atoms with van der Waals surface area (Å²) >= 11 is 0. The zero-order chi connectivity index (χ0) is 18.0. The van der Waals surface area contributed by atoms with Crippen molar-refractivity contribution in [1.29, 1.82) is 0 Å². The Morgan fingerprint density at radius 1 is 0.960 bits per heavy atom. The Labute approximate surface area is 153 Å². The molecule has 0 radical (unpaired) electrons. The van der Waals surface area contributed by atoms with E-state index in [1.807, 2.05) is 21.0 Å².